The molecule has 0 saturated heterocycles. The summed E-state index contributed by atoms with van der Waals surface area (Å²) in [4.78, 5) is 37.2. The number of hydrogen-bond donors (Lipinski definition) is 3. The molecule has 3 N–H and O–H groups in total. The van der Waals surface area contributed by atoms with Crippen LogP contribution >= 0.6 is 11.3 Å². The number of furan rings is 1. The minimum Gasteiger partial charge on any atom is -0.494 e. The molecule has 0 bridgehead atoms. The average Bonchev–Trinajstić information content (AvgIpc) is 3.51. The summed E-state index contributed by atoms with van der Waals surface area (Å²) < 4.78 is 15.9. The lowest BCUT2D eigenvalue weighted by Crippen LogP contribution is -2.24. The van der Waals surface area contributed by atoms with E-state index >= 15 is 0 Å². The van der Waals surface area contributed by atoms with Gasteiger partial charge in [-0.25, -0.2) is 0 Å². The van der Waals surface area contributed by atoms with Crippen LogP contribution in [0.15, 0.2) is 52.5 Å². The van der Waals surface area contributed by atoms with E-state index in [9.17, 15) is 14.4 Å². The van der Waals surface area contributed by atoms with Gasteiger partial charge in [0.05, 0.1) is 43.3 Å². The lowest BCUT2D eigenvalue weighted by Gasteiger charge is -2.16. The number of anilines is 2. The summed E-state index contributed by atoms with van der Waals surface area (Å²) >= 11 is 1.32. The normalized spacial score (nSPS) is 10.3. The van der Waals surface area contributed by atoms with Gasteiger partial charge in [0, 0.05) is 25.0 Å². The van der Waals surface area contributed by atoms with Crippen molar-refractivity contribution in [1.82, 2.24) is 5.32 Å². The van der Waals surface area contributed by atoms with Crippen molar-refractivity contribution >= 4 is 40.4 Å². The van der Waals surface area contributed by atoms with Gasteiger partial charge in [-0.15, -0.1) is 11.3 Å². The van der Waals surface area contributed by atoms with Crippen molar-refractivity contribution in [3.05, 3.63) is 58.7 Å². The SMILES string of the molecule is COc1cc(NC(=O)c2cccs2)c(OC)cc1NC(=O)CCC(=O)NCc1ccco1. The van der Waals surface area contributed by atoms with Crippen LogP contribution in [-0.2, 0) is 16.1 Å². The minimum absolute atomic E-state index is 0.0148. The molecule has 1 aromatic carbocycles. The van der Waals surface area contributed by atoms with Gasteiger partial charge < -0.3 is 29.8 Å². The van der Waals surface area contributed by atoms with Gasteiger partial charge in [-0.05, 0) is 23.6 Å². The molecule has 2 aromatic heterocycles. The second kappa shape index (κ2) is 11.0. The first-order valence-corrected chi connectivity index (χ1v) is 10.6. The maximum Gasteiger partial charge on any atom is 0.265 e. The number of carbonyl (C=O) groups is 3. The van der Waals surface area contributed by atoms with Crippen molar-refractivity contribution in [1.29, 1.82) is 0 Å². The third-order valence-corrected chi connectivity index (χ3v) is 5.28. The molecule has 0 aliphatic carbocycles. The van der Waals surface area contributed by atoms with Gasteiger partial charge in [0.1, 0.15) is 17.3 Å². The Kier molecular flexibility index (Phi) is 7.87. The van der Waals surface area contributed by atoms with Crippen LogP contribution in [0.1, 0.15) is 28.3 Å². The lowest BCUT2D eigenvalue weighted by molar-refractivity contribution is -0.124. The van der Waals surface area contributed by atoms with E-state index in [1.165, 1.54) is 31.8 Å². The maximum absolute atomic E-state index is 12.4. The molecule has 0 unspecified atom stereocenters. The van der Waals surface area contributed by atoms with E-state index in [4.69, 9.17) is 13.9 Å². The van der Waals surface area contributed by atoms with E-state index < -0.39 is 0 Å². The quantitative estimate of drug-likeness (QED) is 0.428. The number of ether oxygens (including phenoxy) is 2. The van der Waals surface area contributed by atoms with Crippen LogP contribution in [0, 0.1) is 0 Å². The van der Waals surface area contributed by atoms with Crippen LogP contribution in [0.4, 0.5) is 11.4 Å². The zero-order valence-corrected chi connectivity index (χ0v) is 18.4. The molecule has 10 heteroatoms. The number of benzene rings is 1. The summed E-state index contributed by atoms with van der Waals surface area (Å²) in [6, 6.07) is 10.1. The van der Waals surface area contributed by atoms with Crippen molar-refractivity contribution in [2.45, 2.75) is 19.4 Å². The highest BCUT2D eigenvalue weighted by Gasteiger charge is 2.17. The number of rotatable bonds is 10. The fourth-order valence-corrected chi connectivity index (χ4v) is 3.43. The highest BCUT2D eigenvalue weighted by atomic mass is 32.1. The Labute approximate surface area is 188 Å². The molecule has 0 spiro atoms. The van der Waals surface area contributed by atoms with Crippen molar-refractivity contribution in [2.24, 2.45) is 0 Å². The molecule has 168 valence electrons. The van der Waals surface area contributed by atoms with Crippen LogP contribution in [0.5, 0.6) is 11.5 Å². The fraction of sp³-hybridized carbons (Fsp3) is 0.227. The molecule has 0 atom stereocenters. The van der Waals surface area contributed by atoms with Gasteiger partial charge in [0.2, 0.25) is 11.8 Å². The maximum atomic E-state index is 12.4. The molecule has 0 aliphatic rings. The number of hydrogen-bond acceptors (Lipinski definition) is 7. The zero-order chi connectivity index (χ0) is 22.9. The molecule has 2 heterocycles. The highest BCUT2D eigenvalue weighted by molar-refractivity contribution is 7.12. The highest BCUT2D eigenvalue weighted by Crippen LogP contribution is 2.37. The van der Waals surface area contributed by atoms with Crippen molar-refractivity contribution in [2.75, 3.05) is 24.9 Å². The van der Waals surface area contributed by atoms with Crippen LogP contribution in [-0.4, -0.2) is 31.9 Å². The van der Waals surface area contributed by atoms with Crippen molar-refractivity contribution < 1.29 is 28.3 Å². The fourth-order valence-electron chi connectivity index (χ4n) is 2.81. The standard InChI is InChI=1S/C22H23N3O6S/c1-29-17-12-16(25-22(28)19-6-4-10-32-19)18(30-2)11-15(17)24-21(27)8-7-20(26)23-13-14-5-3-9-31-14/h3-6,9-12H,7-8,13H2,1-2H3,(H,23,26)(H,24,27)(H,25,28). The molecule has 32 heavy (non-hydrogen) atoms. The van der Waals surface area contributed by atoms with E-state index in [1.54, 1.807) is 36.4 Å². The first kappa shape index (κ1) is 22.9. The Morgan fingerprint density at radius 1 is 0.938 bits per heavy atom. The molecule has 3 amide bonds. The molecule has 3 rings (SSSR count). The van der Waals surface area contributed by atoms with Crippen molar-refractivity contribution in [3.8, 4) is 11.5 Å². The zero-order valence-electron chi connectivity index (χ0n) is 17.6. The predicted molar refractivity (Wildman–Crippen MR) is 120 cm³/mol. The Balaban J connectivity index is 1.60. The van der Waals surface area contributed by atoms with Gasteiger partial charge in [0.25, 0.3) is 5.91 Å². The number of nitrogens with one attached hydrogen (secondary N) is 3. The van der Waals surface area contributed by atoms with Crippen LogP contribution in [0.3, 0.4) is 0 Å². The number of methoxy groups -OCH3 is 2. The summed E-state index contributed by atoms with van der Waals surface area (Å²) in [5, 5.41) is 9.99. The van der Waals surface area contributed by atoms with Gasteiger partial charge in [0.15, 0.2) is 0 Å². The van der Waals surface area contributed by atoms with Crippen molar-refractivity contribution in [3.63, 3.8) is 0 Å². The summed E-state index contributed by atoms with van der Waals surface area (Å²) in [7, 11) is 2.90. The number of carbonyl (C=O) groups excluding carboxylic acids is 3. The van der Waals surface area contributed by atoms with Crippen LogP contribution < -0.4 is 25.4 Å². The largest absolute Gasteiger partial charge is 0.494 e. The Bertz CT molecular complexity index is 1060. The van der Waals surface area contributed by atoms with E-state index in [0.717, 1.165) is 0 Å². The predicted octanol–water partition coefficient (Wildman–Crippen LogP) is 3.65. The molecule has 0 radical (unpaired) electrons. The molecule has 9 nitrogen and oxygen atoms in total. The van der Waals surface area contributed by atoms with Gasteiger partial charge >= 0.3 is 0 Å². The molecular formula is C22H23N3O6S. The third kappa shape index (κ3) is 6.11. The summed E-state index contributed by atoms with van der Waals surface area (Å²) in [6.45, 7) is 0.261. The smallest absolute Gasteiger partial charge is 0.265 e. The molecule has 0 aliphatic heterocycles. The van der Waals surface area contributed by atoms with E-state index in [1.807, 2.05) is 5.38 Å². The Morgan fingerprint density at radius 2 is 1.62 bits per heavy atom. The average molecular weight is 458 g/mol. The summed E-state index contributed by atoms with van der Waals surface area (Å²) in [5.41, 5.74) is 0.762. The second-order valence-electron chi connectivity index (χ2n) is 6.59. The lowest BCUT2D eigenvalue weighted by atomic mass is 10.2. The first-order chi connectivity index (χ1) is 15.5. The van der Waals surface area contributed by atoms with E-state index in [0.29, 0.717) is 33.5 Å². The molecule has 0 saturated carbocycles. The third-order valence-electron chi connectivity index (χ3n) is 4.41. The van der Waals surface area contributed by atoms with E-state index in [2.05, 4.69) is 16.0 Å². The first-order valence-electron chi connectivity index (χ1n) is 9.70. The molecule has 0 fully saturated rings. The van der Waals surface area contributed by atoms with Gasteiger partial charge in [-0.2, -0.15) is 0 Å². The molecular weight excluding hydrogens is 434 g/mol. The summed E-state index contributed by atoms with van der Waals surface area (Å²) in [5.74, 6) is 0.398. The Hall–Kier alpha value is -3.79. The van der Waals surface area contributed by atoms with E-state index in [-0.39, 0.29) is 37.1 Å². The Morgan fingerprint density at radius 3 is 2.22 bits per heavy atom. The van der Waals surface area contributed by atoms with Crippen LogP contribution in [0.25, 0.3) is 0 Å². The number of thiophene rings is 1. The summed E-state index contributed by atoms with van der Waals surface area (Å²) in [6.07, 6.45) is 1.52. The topological polar surface area (TPSA) is 119 Å². The van der Waals surface area contributed by atoms with Gasteiger partial charge in [-0.3, -0.25) is 14.4 Å². The monoisotopic (exact) mass is 457 g/mol. The number of amides is 3. The molecule has 3 aromatic rings. The van der Waals surface area contributed by atoms with Gasteiger partial charge in [-0.1, -0.05) is 6.07 Å². The minimum atomic E-state index is -0.367. The second-order valence-corrected chi connectivity index (χ2v) is 7.54. The van der Waals surface area contributed by atoms with Crippen LogP contribution in [0.2, 0.25) is 0 Å².